The molecule has 35 heavy (non-hydrogen) atoms. The van der Waals surface area contributed by atoms with E-state index in [-0.39, 0.29) is 6.10 Å². The highest BCUT2D eigenvalue weighted by Gasteiger charge is 2.44. The SMILES string of the molecule is CC[C@@H]1CN2CC[C@@H]1C[C@@H]2[C@H](Oc1cc(C)c2ccccc2n1)c1ccnc2ccc(OC)cc12. The largest absolute Gasteiger partial charge is 0.497 e. The topological polar surface area (TPSA) is 47.5 Å². The Bertz CT molecular complexity index is 1370. The van der Waals surface area contributed by atoms with E-state index in [1.807, 2.05) is 24.4 Å². The molecule has 5 heterocycles. The van der Waals surface area contributed by atoms with Crippen molar-refractivity contribution in [3.63, 3.8) is 0 Å². The number of nitrogens with zero attached hydrogens (tertiary/aromatic N) is 3. The fraction of sp³-hybridized carbons (Fsp3) is 0.400. The highest BCUT2D eigenvalue weighted by Crippen LogP contribution is 2.44. The lowest BCUT2D eigenvalue weighted by atomic mass is 9.72. The van der Waals surface area contributed by atoms with Crippen molar-refractivity contribution in [3.05, 3.63) is 71.9 Å². The summed E-state index contributed by atoms with van der Waals surface area (Å²) in [4.78, 5) is 12.2. The molecule has 5 heteroatoms. The van der Waals surface area contributed by atoms with Crippen molar-refractivity contribution >= 4 is 21.8 Å². The standard InChI is InChI=1S/C30H33N3O2/c1-4-20-18-33-14-12-21(20)16-28(33)30(24-11-13-31-26-10-9-22(34-3)17-25(24)26)35-29-15-19(2)23-7-5-6-8-27(23)32-29/h5-11,13,15,17,20-21,28,30H,4,12,14,16,18H2,1-3H3/t20-,21-,28-,30-/m1/s1. The van der Waals surface area contributed by atoms with E-state index in [4.69, 9.17) is 14.5 Å². The first kappa shape index (κ1) is 22.3. The minimum atomic E-state index is -0.138. The second-order valence-corrected chi connectivity index (χ2v) is 10.1. The highest BCUT2D eigenvalue weighted by molar-refractivity contribution is 5.84. The number of piperidine rings is 3. The number of benzene rings is 2. The Morgan fingerprint density at radius 1 is 1.06 bits per heavy atom. The zero-order chi connectivity index (χ0) is 23.9. The molecule has 0 spiro atoms. The van der Waals surface area contributed by atoms with Crippen LogP contribution < -0.4 is 9.47 Å². The molecule has 3 aliphatic rings. The van der Waals surface area contributed by atoms with Gasteiger partial charge in [0, 0.05) is 35.1 Å². The Hall–Kier alpha value is -3.18. The molecule has 0 amide bonds. The Kier molecular flexibility index (Phi) is 5.81. The number of fused-ring (bicyclic) bond motifs is 5. The van der Waals surface area contributed by atoms with Gasteiger partial charge in [-0.1, -0.05) is 31.5 Å². The normalized spacial score (nSPS) is 24.5. The van der Waals surface area contributed by atoms with Crippen LogP contribution in [0.2, 0.25) is 0 Å². The quantitative estimate of drug-likeness (QED) is 0.331. The first-order valence-corrected chi connectivity index (χ1v) is 12.8. The average Bonchev–Trinajstić information content (AvgIpc) is 2.91. The lowest BCUT2D eigenvalue weighted by Crippen LogP contribution is -2.56. The van der Waals surface area contributed by atoms with Crippen molar-refractivity contribution in [2.45, 2.75) is 45.3 Å². The molecule has 2 aromatic carbocycles. The summed E-state index contributed by atoms with van der Waals surface area (Å²) in [6, 6.07) is 18.9. The van der Waals surface area contributed by atoms with Crippen LogP contribution in [0.5, 0.6) is 11.6 Å². The molecule has 2 bridgehead atoms. The second kappa shape index (κ2) is 9.12. The van der Waals surface area contributed by atoms with Crippen molar-refractivity contribution in [2.24, 2.45) is 11.8 Å². The average molecular weight is 468 g/mol. The molecule has 2 aromatic heterocycles. The third-order valence-electron chi connectivity index (χ3n) is 8.25. The molecule has 7 rings (SSSR count). The summed E-state index contributed by atoms with van der Waals surface area (Å²) in [7, 11) is 1.71. The van der Waals surface area contributed by atoms with E-state index < -0.39 is 0 Å². The zero-order valence-corrected chi connectivity index (χ0v) is 20.8. The fourth-order valence-electron chi connectivity index (χ4n) is 6.34. The maximum Gasteiger partial charge on any atom is 0.214 e. The van der Waals surface area contributed by atoms with Gasteiger partial charge in [0.15, 0.2) is 0 Å². The van der Waals surface area contributed by atoms with E-state index >= 15 is 0 Å². The third-order valence-corrected chi connectivity index (χ3v) is 8.25. The maximum atomic E-state index is 6.91. The molecule has 5 nitrogen and oxygen atoms in total. The number of aryl methyl sites for hydroxylation is 1. The molecular formula is C30H33N3O2. The number of methoxy groups -OCH3 is 1. The Balaban J connectivity index is 1.46. The van der Waals surface area contributed by atoms with Crippen molar-refractivity contribution in [1.82, 2.24) is 14.9 Å². The lowest BCUT2D eigenvalue weighted by molar-refractivity contribution is -0.0492. The Morgan fingerprint density at radius 2 is 1.94 bits per heavy atom. The number of pyridine rings is 2. The molecule has 0 aliphatic carbocycles. The van der Waals surface area contributed by atoms with Crippen LogP contribution in [0.15, 0.2) is 60.8 Å². The first-order chi connectivity index (χ1) is 17.1. The van der Waals surface area contributed by atoms with Gasteiger partial charge in [0.1, 0.15) is 11.9 Å². The third kappa shape index (κ3) is 4.02. The van der Waals surface area contributed by atoms with Crippen LogP contribution in [-0.2, 0) is 0 Å². The van der Waals surface area contributed by atoms with Crippen molar-refractivity contribution in [1.29, 1.82) is 0 Å². The smallest absolute Gasteiger partial charge is 0.214 e. The van der Waals surface area contributed by atoms with E-state index in [1.54, 1.807) is 7.11 Å². The summed E-state index contributed by atoms with van der Waals surface area (Å²) >= 11 is 0. The van der Waals surface area contributed by atoms with Crippen molar-refractivity contribution < 1.29 is 9.47 Å². The number of hydrogen-bond acceptors (Lipinski definition) is 5. The molecule has 5 atom stereocenters. The van der Waals surface area contributed by atoms with E-state index in [1.165, 1.54) is 23.8 Å². The maximum absolute atomic E-state index is 6.91. The molecule has 1 unspecified atom stereocenters. The van der Waals surface area contributed by atoms with Crippen molar-refractivity contribution in [3.8, 4) is 11.6 Å². The molecule has 0 saturated carbocycles. The Morgan fingerprint density at radius 3 is 2.74 bits per heavy atom. The Labute approximate surface area is 207 Å². The van der Waals surface area contributed by atoms with E-state index in [0.29, 0.717) is 11.9 Å². The van der Waals surface area contributed by atoms with E-state index in [0.717, 1.165) is 59.1 Å². The molecule has 0 N–H and O–H groups in total. The van der Waals surface area contributed by atoms with Gasteiger partial charge in [-0.05, 0) is 74.0 Å². The number of hydrogen-bond donors (Lipinski definition) is 0. The molecule has 4 aromatic rings. The van der Waals surface area contributed by atoms with Gasteiger partial charge in [0.05, 0.1) is 24.2 Å². The van der Waals surface area contributed by atoms with Gasteiger partial charge < -0.3 is 9.47 Å². The van der Waals surface area contributed by atoms with Crippen LogP contribution in [0.4, 0.5) is 0 Å². The lowest BCUT2D eigenvalue weighted by Gasteiger charge is -2.51. The van der Waals surface area contributed by atoms with Crippen LogP contribution in [0, 0.1) is 18.8 Å². The minimum absolute atomic E-state index is 0.138. The van der Waals surface area contributed by atoms with Gasteiger partial charge in [0.2, 0.25) is 5.88 Å². The predicted octanol–water partition coefficient (Wildman–Crippen LogP) is 6.34. The number of aromatic nitrogens is 2. The molecule has 3 aliphatic heterocycles. The molecule has 3 fully saturated rings. The summed E-state index contributed by atoms with van der Waals surface area (Å²) in [6.07, 6.45) is 5.47. The van der Waals surface area contributed by atoms with Crippen LogP contribution in [0.25, 0.3) is 21.8 Å². The van der Waals surface area contributed by atoms with Crippen LogP contribution in [0.1, 0.15) is 43.4 Å². The van der Waals surface area contributed by atoms with E-state index in [2.05, 4.69) is 60.1 Å². The number of rotatable bonds is 6. The van der Waals surface area contributed by atoms with Crippen LogP contribution in [-0.4, -0.2) is 41.1 Å². The summed E-state index contributed by atoms with van der Waals surface area (Å²) in [5, 5.41) is 2.26. The first-order valence-electron chi connectivity index (χ1n) is 12.8. The predicted molar refractivity (Wildman–Crippen MR) is 140 cm³/mol. The monoisotopic (exact) mass is 467 g/mol. The number of para-hydroxylation sites is 1. The highest BCUT2D eigenvalue weighted by atomic mass is 16.5. The van der Waals surface area contributed by atoms with Gasteiger partial charge in [-0.2, -0.15) is 0 Å². The fourth-order valence-corrected chi connectivity index (χ4v) is 6.34. The van der Waals surface area contributed by atoms with Crippen LogP contribution in [0.3, 0.4) is 0 Å². The zero-order valence-electron chi connectivity index (χ0n) is 20.8. The summed E-state index contributed by atoms with van der Waals surface area (Å²) < 4.78 is 12.5. The molecule has 180 valence electrons. The summed E-state index contributed by atoms with van der Waals surface area (Å²) in [5.41, 5.74) is 4.27. The van der Waals surface area contributed by atoms with Gasteiger partial charge in [0.25, 0.3) is 0 Å². The molecular weight excluding hydrogens is 434 g/mol. The minimum Gasteiger partial charge on any atom is -0.497 e. The van der Waals surface area contributed by atoms with Gasteiger partial charge in [-0.25, -0.2) is 4.98 Å². The van der Waals surface area contributed by atoms with Crippen molar-refractivity contribution in [2.75, 3.05) is 20.2 Å². The van der Waals surface area contributed by atoms with E-state index in [9.17, 15) is 0 Å². The van der Waals surface area contributed by atoms with Crippen LogP contribution >= 0.6 is 0 Å². The second-order valence-electron chi connectivity index (χ2n) is 10.1. The van der Waals surface area contributed by atoms with Gasteiger partial charge in [-0.15, -0.1) is 0 Å². The molecule has 3 saturated heterocycles. The summed E-state index contributed by atoms with van der Waals surface area (Å²) in [6.45, 7) is 6.76. The number of ether oxygens (including phenoxy) is 2. The summed E-state index contributed by atoms with van der Waals surface area (Å²) in [5.74, 6) is 3.07. The van der Waals surface area contributed by atoms with Gasteiger partial charge in [-0.3, -0.25) is 9.88 Å². The molecule has 0 radical (unpaired) electrons. The van der Waals surface area contributed by atoms with Gasteiger partial charge >= 0.3 is 0 Å².